The largest absolute Gasteiger partial charge is 0.529 e. The van der Waals surface area contributed by atoms with Gasteiger partial charge >= 0.3 is 37.1 Å². The fourth-order valence-corrected chi connectivity index (χ4v) is 0.769. The average Bonchev–Trinajstić information content (AvgIpc) is 2.19. The second-order valence-electron chi connectivity index (χ2n) is 3.50. The summed E-state index contributed by atoms with van der Waals surface area (Å²) in [6.45, 7) is 0. The first-order chi connectivity index (χ1) is 10.7. The maximum Gasteiger partial charge on any atom is 0.529 e. The minimum absolute atomic E-state index is 1.67. The quantitative estimate of drug-likeness (QED) is 0.465. The van der Waals surface area contributed by atoms with Gasteiger partial charge in [0.05, 0.1) is 0 Å². The number of halogens is 12. The molecule has 25 heavy (non-hydrogen) atoms. The molecule has 0 aromatic carbocycles. The zero-order valence-electron chi connectivity index (χ0n) is 10.6. The zero-order chi connectivity index (χ0) is 20.5. The summed E-state index contributed by atoms with van der Waals surface area (Å²) in [5.74, 6) is -9.13. The van der Waals surface area contributed by atoms with Crippen LogP contribution in [-0.2, 0) is 23.7 Å². The number of alkyl halides is 12. The second kappa shape index (κ2) is 7.00. The van der Waals surface area contributed by atoms with E-state index in [0.717, 1.165) is 0 Å². The summed E-state index contributed by atoms with van der Waals surface area (Å²) < 4.78 is 154. The van der Waals surface area contributed by atoms with Crippen LogP contribution in [0.1, 0.15) is 0 Å². The maximum absolute atomic E-state index is 12.6. The van der Waals surface area contributed by atoms with Crippen molar-refractivity contribution in [2.24, 2.45) is 0 Å². The van der Waals surface area contributed by atoms with Gasteiger partial charge in [-0.1, -0.05) is 0 Å². The monoisotopic (exact) mass is 410 g/mol. The number of carbonyl (C=O) groups is 1. The van der Waals surface area contributed by atoms with E-state index in [1.807, 2.05) is 9.47 Å². The van der Waals surface area contributed by atoms with E-state index >= 15 is 0 Å². The molecule has 1 atom stereocenters. The number of hydrogen-bond acceptors (Lipinski definition) is 5. The molecule has 0 aliphatic carbocycles. The van der Waals surface area contributed by atoms with Gasteiger partial charge in [0.15, 0.2) is 0 Å². The highest BCUT2D eigenvalue weighted by Crippen LogP contribution is 2.38. The number of ether oxygens (including phenoxy) is 4. The van der Waals surface area contributed by atoms with Crippen LogP contribution in [0.2, 0.25) is 0 Å². The molecule has 0 amide bonds. The summed E-state index contributed by atoms with van der Waals surface area (Å²) in [6, 6.07) is 0. The lowest BCUT2D eigenvalue weighted by Gasteiger charge is -2.27. The van der Waals surface area contributed by atoms with E-state index in [-0.39, 0.29) is 0 Å². The number of carboxylic acid groups (broad SMARTS) is 1. The van der Waals surface area contributed by atoms with Crippen LogP contribution < -0.4 is 0 Å². The molecule has 1 unspecified atom stereocenters. The Labute approximate surface area is 126 Å². The molecule has 18 heteroatoms. The maximum atomic E-state index is 12.6. The van der Waals surface area contributed by atoms with Gasteiger partial charge in [0.25, 0.3) is 6.36 Å². The SMILES string of the molecule is O=C(O)C(F)(F)C(F)OC(F)(F)OC(F)(F)OC(F)(F)OC(F)(F)F. The molecule has 1 N–H and O–H groups in total. The topological polar surface area (TPSA) is 74.2 Å². The van der Waals surface area contributed by atoms with Gasteiger partial charge in [0, 0.05) is 0 Å². The molecule has 0 rings (SSSR count). The first-order valence-electron chi connectivity index (χ1n) is 4.93. The summed E-state index contributed by atoms with van der Waals surface area (Å²) in [5, 5.41) is 7.75. The Bertz CT molecular complexity index is 475. The fraction of sp³-hybridized carbons (Fsp3) is 0.857. The van der Waals surface area contributed by atoms with Crippen molar-refractivity contribution in [3.8, 4) is 0 Å². The third kappa shape index (κ3) is 8.40. The van der Waals surface area contributed by atoms with E-state index in [2.05, 4.69) is 4.74 Å². The Kier molecular flexibility index (Phi) is 6.57. The number of hydrogen-bond donors (Lipinski definition) is 1. The first kappa shape index (κ1) is 23.5. The van der Waals surface area contributed by atoms with Crippen molar-refractivity contribution < 1.29 is 81.5 Å². The van der Waals surface area contributed by atoms with Gasteiger partial charge in [-0.2, -0.15) is 13.5 Å². The Morgan fingerprint density at radius 1 is 0.720 bits per heavy atom. The lowest BCUT2D eigenvalue weighted by Crippen LogP contribution is -2.48. The van der Waals surface area contributed by atoms with E-state index in [0.29, 0.717) is 0 Å². The number of rotatable bonds is 9. The van der Waals surface area contributed by atoms with Crippen LogP contribution in [0.5, 0.6) is 0 Å². The minimum Gasteiger partial charge on any atom is -0.477 e. The Morgan fingerprint density at radius 3 is 1.44 bits per heavy atom. The van der Waals surface area contributed by atoms with Crippen LogP contribution in [0.4, 0.5) is 52.7 Å². The molecule has 0 radical (unpaired) electrons. The molecule has 0 saturated carbocycles. The van der Waals surface area contributed by atoms with Gasteiger partial charge < -0.3 is 5.11 Å². The van der Waals surface area contributed by atoms with Crippen LogP contribution in [-0.4, -0.2) is 48.6 Å². The number of aliphatic carboxylic acids is 1. The van der Waals surface area contributed by atoms with Crippen LogP contribution in [0.25, 0.3) is 0 Å². The molecule has 0 spiro atoms. The third-order valence-corrected chi connectivity index (χ3v) is 1.52. The first-order valence-corrected chi connectivity index (χ1v) is 4.93. The van der Waals surface area contributed by atoms with E-state index in [1.165, 1.54) is 0 Å². The standard InChI is InChI=1S/C7H2F12O6/c8-1(3(9,10)2(20)21)22-5(14,15)24-7(18,19)25-6(16,17)23-4(11,12)13/h1H,(H,20,21). The molecule has 0 aromatic heterocycles. The molecule has 0 saturated heterocycles. The van der Waals surface area contributed by atoms with E-state index < -0.39 is 43.5 Å². The Balaban J connectivity index is 5.05. The molecule has 0 aliphatic rings. The molecular formula is C7H2F12O6. The minimum atomic E-state index is -6.42. The second-order valence-corrected chi connectivity index (χ2v) is 3.50. The van der Waals surface area contributed by atoms with Crippen LogP contribution >= 0.6 is 0 Å². The van der Waals surface area contributed by atoms with E-state index in [9.17, 15) is 57.5 Å². The van der Waals surface area contributed by atoms with Gasteiger partial charge in [-0.05, 0) is 0 Å². The molecule has 0 bridgehead atoms. The summed E-state index contributed by atoms with van der Waals surface area (Å²) in [6.07, 6.45) is -30.2. The lowest BCUT2D eigenvalue weighted by molar-refractivity contribution is -0.604. The van der Waals surface area contributed by atoms with Crippen molar-refractivity contribution in [1.29, 1.82) is 0 Å². The van der Waals surface area contributed by atoms with Crippen molar-refractivity contribution in [2.45, 2.75) is 37.5 Å². The van der Waals surface area contributed by atoms with Crippen molar-refractivity contribution in [1.82, 2.24) is 0 Å². The molecule has 150 valence electrons. The Hall–Kier alpha value is -1.53. The smallest absolute Gasteiger partial charge is 0.477 e. The predicted molar refractivity (Wildman–Crippen MR) is 42.7 cm³/mol. The molecule has 0 aliphatic heterocycles. The molecule has 6 nitrogen and oxygen atoms in total. The van der Waals surface area contributed by atoms with Gasteiger partial charge in [-0.15, -0.1) is 39.5 Å². The van der Waals surface area contributed by atoms with E-state index in [1.54, 1.807) is 4.74 Å². The van der Waals surface area contributed by atoms with Crippen molar-refractivity contribution >= 4 is 5.97 Å². The van der Waals surface area contributed by atoms with Crippen LogP contribution in [0, 0.1) is 0 Å². The summed E-state index contributed by atoms with van der Waals surface area (Å²) >= 11 is 0. The third-order valence-electron chi connectivity index (χ3n) is 1.52. The van der Waals surface area contributed by atoms with Crippen LogP contribution in [0.15, 0.2) is 0 Å². The number of carboxylic acids is 1. The summed E-state index contributed by atoms with van der Waals surface area (Å²) in [5.41, 5.74) is 0. The highest BCUT2D eigenvalue weighted by molar-refractivity contribution is 5.75. The highest BCUT2D eigenvalue weighted by atomic mass is 19.4. The van der Waals surface area contributed by atoms with E-state index in [4.69, 9.17) is 5.11 Å². The molecular weight excluding hydrogens is 408 g/mol. The molecule has 0 heterocycles. The average molecular weight is 410 g/mol. The lowest BCUT2D eigenvalue weighted by atomic mass is 10.3. The summed E-state index contributed by atoms with van der Waals surface area (Å²) in [7, 11) is 0. The molecule has 0 aromatic rings. The highest BCUT2D eigenvalue weighted by Gasteiger charge is 2.60. The predicted octanol–water partition coefficient (Wildman–Crippen LogP) is 3.24. The van der Waals surface area contributed by atoms with Crippen molar-refractivity contribution in [2.75, 3.05) is 0 Å². The van der Waals surface area contributed by atoms with Crippen molar-refractivity contribution in [3.05, 3.63) is 0 Å². The molecule has 0 fully saturated rings. The normalized spacial score (nSPS) is 16.0. The zero-order valence-corrected chi connectivity index (χ0v) is 10.6. The fourth-order valence-electron chi connectivity index (χ4n) is 0.769. The van der Waals surface area contributed by atoms with Gasteiger partial charge in [0.2, 0.25) is 0 Å². The van der Waals surface area contributed by atoms with Crippen molar-refractivity contribution in [3.63, 3.8) is 0 Å². The van der Waals surface area contributed by atoms with Crippen LogP contribution in [0.3, 0.4) is 0 Å². The summed E-state index contributed by atoms with van der Waals surface area (Å²) in [4.78, 5) is 9.80. The van der Waals surface area contributed by atoms with Gasteiger partial charge in [0.1, 0.15) is 0 Å². The van der Waals surface area contributed by atoms with Gasteiger partial charge in [-0.3, -0.25) is 4.74 Å². The Morgan fingerprint density at radius 2 is 1.08 bits per heavy atom. The van der Waals surface area contributed by atoms with Gasteiger partial charge in [-0.25, -0.2) is 18.7 Å².